The van der Waals surface area contributed by atoms with Gasteiger partial charge >= 0.3 is 0 Å². The van der Waals surface area contributed by atoms with Crippen LogP contribution in [0, 0.1) is 5.82 Å². The maximum absolute atomic E-state index is 13.3. The smallest absolute Gasteiger partial charge is 0.246 e. The van der Waals surface area contributed by atoms with E-state index in [0.717, 1.165) is 55.9 Å². The first-order valence-corrected chi connectivity index (χ1v) is 12.0. The summed E-state index contributed by atoms with van der Waals surface area (Å²) in [5, 5.41) is 14.6. The van der Waals surface area contributed by atoms with E-state index in [4.69, 9.17) is 9.47 Å². The monoisotopic (exact) mass is 506 g/mol. The van der Waals surface area contributed by atoms with Crippen LogP contribution < -0.4 is 15.4 Å². The Morgan fingerprint density at radius 1 is 1.14 bits per heavy atom. The summed E-state index contributed by atoms with van der Waals surface area (Å²) >= 11 is 0. The van der Waals surface area contributed by atoms with Crippen molar-refractivity contribution in [2.45, 2.75) is 13.0 Å². The maximum atomic E-state index is 13.3. The molecule has 1 aliphatic heterocycles. The SMILES string of the molecule is O=C(Cn1cc(Nc2ncnc3cc(OCCCN4CCOCC4)ccc23)nn1)Nc1cccc(F)c1. The molecule has 0 unspecified atom stereocenters. The van der Waals surface area contributed by atoms with Crippen molar-refractivity contribution < 1.29 is 18.7 Å². The van der Waals surface area contributed by atoms with Crippen LogP contribution in [-0.4, -0.2) is 75.2 Å². The Labute approximate surface area is 212 Å². The molecule has 11 nitrogen and oxygen atoms in total. The summed E-state index contributed by atoms with van der Waals surface area (Å²) < 4.78 is 26.0. The molecule has 0 saturated carbocycles. The Morgan fingerprint density at radius 3 is 2.89 bits per heavy atom. The zero-order valence-corrected chi connectivity index (χ0v) is 20.1. The second-order valence-electron chi connectivity index (χ2n) is 8.54. The molecule has 0 atom stereocenters. The first kappa shape index (κ1) is 24.5. The normalized spacial score (nSPS) is 14.0. The summed E-state index contributed by atoms with van der Waals surface area (Å²) in [6.07, 6.45) is 3.99. The number of anilines is 3. The zero-order valence-electron chi connectivity index (χ0n) is 20.1. The fraction of sp³-hybridized carbons (Fsp3) is 0.320. The fourth-order valence-electron chi connectivity index (χ4n) is 4.00. The van der Waals surface area contributed by atoms with Crippen LogP contribution in [0.3, 0.4) is 0 Å². The number of hydrogen-bond acceptors (Lipinski definition) is 9. The van der Waals surface area contributed by atoms with Gasteiger partial charge in [-0.05, 0) is 36.8 Å². The van der Waals surface area contributed by atoms with Gasteiger partial charge in [0.1, 0.15) is 30.3 Å². The molecule has 37 heavy (non-hydrogen) atoms. The topological polar surface area (TPSA) is 119 Å². The number of carbonyl (C=O) groups is 1. The number of aromatic nitrogens is 5. The van der Waals surface area contributed by atoms with Crippen LogP contribution in [0.15, 0.2) is 55.0 Å². The number of morpholine rings is 1. The van der Waals surface area contributed by atoms with Gasteiger partial charge < -0.3 is 20.1 Å². The lowest BCUT2D eigenvalue weighted by Crippen LogP contribution is -2.37. The molecule has 0 radical (unpaired) electrons. The predicted octanol–water partition coefficient (Wildman–Crippen LogP) is 2.84. The Hall–Kier alpha value is -4.16. The number of benzene rings is 2. The molecule has 0 aliphatic carbocycles. The molecule has 0 spiro atoms. The second-order valence-corrected chi connectivity index (χ2v) is 8.54. The minimum Gasteiger partial charge on any atom is -0.493 e. The van der Waals surface area contributed by atoms with E-state index in [-0.39, 0.29) is 12.5 Å². The van der Waals surface area contributed by atoms with Crippen LogP contribution in [0.5, 0.6) is 5.75 Å². The molecule has 1 aliphatic rings. The minimum absolute atomic E-state index is 0.0814. The van der Waals surface area contributed by atoms with Crippen molar-refractivity contribution in [3.05, 3.63) is 60.8 Å². The number of ether oxygens (including phenoxy) is 2. The molecule has 2 N–H and O–H groups in total. The van der Waals surface area contributed by atoms with E-state index in [2.05, 4.69) is 35.8 Å². The molecule has 4 aromatic rings. The third-order valence-corrected chi connectivity index (χ3v) is 5.80. The molecule has 5 rings (SSSR count). The van der Waals surface area contributed by atoms with Gasteiger partial charge in [0.05, 0.1) is 31.5 Å². The van der Waals surface area contributed by atoms with Crippen molar-refractivity contribution in [1.82, 2.24) is 29.9 Å². The van der Waals surface area contributed by atoms with Crippen LogP contribution >= 0.6 is 0 Å². The van der Waals surface area contributed by atoms with Crippen molar-refractivity contribution in [1.29, 1.82) is 0 Å². The van der Waals surface area contributed by atoms with Crippen molar-refractivity contribution in [3.8, 4) is 5.75 Å². The van der Waals surface area contributed by atoms with E-state index < -0.39 is 5.82 Å². The van der Waals surface area contributed by atoms with Gasteiger partial charge in [-0.25, -0.2) is 19.0 Å². The zero-order chi connectivity index (χ0) is 25.5. The van der Waals surface area contributed by atoms with Gasteiger partial charge in [0.15, 0.2) is 5.82 Å². The maximum Gasteiger partial charge on any atom is 0.246 e. The number of fused-ring (bicyclic) bond motifs is 1. The van der Waals surface area contributed by atoms with Gasteiger partial charge in [-0.1, -0.05) is 11.3 Å². The Balaban J connectivity index is 1.16. The summed E-state index contributed by atoms with van der Waals surface area (Å²) in [7, 11) is 0. The molecule has 1 saturated heterocycles. The minimum atomic E-state index is -0.426. The highest BCUT2D eigenvalue weighted by atomic mass is 19.1. The number of halogens is 1. The van der Waals surface area contributed by atoms with Crippen molar-refractivity contribution in [3.63, 3.8) is 0 Å². The lowest BCUT2D eigenvalue weighted by atomic mass is 10.2. The summed E-state index contributed by atoms with van der Waals surface area (Å²) in [6, 6.07) is 11.3. The van der Waals surface area contributed by atoms with Crippen molar-refractivity contribution in [2.75, 3.05) is 50.1 Å². The number of amides is 1. The molecule has 12 heteroatoms. The summed E-state index contributed by atoms with van der Waals surface area (Å²) in [6.45, 7) is 5.06. The number of nitrogens with one attached hydrogen (secondary N) is 2. The molecule has 2 aromatic carbocycles. The van der Waals surface area contributed by atoms with Gasteiger partial charge in [-0.2, -0.15) is 0 Å². The molecule has 192 valence electrons. The average Bonchev–Trinajstić information content (AvgIpc) is 3.33. The van der Waals surface area contributed by atoms with E-state index in [1.165, 1.54) is 29.2 Å². The van der Waals surface area contributed by atoms with E-state index in [1.807, 2.05) is 18.2 Å². The summed E-state index contributed by atoms with van der Waals surface area (Å²) in [5.74, 6) is 0.938. The molecule has 0 bridgehead atoms. The highest BCUT2D eigenvalue weighted by Gasteiger charge is 2.12. The van der Waals surface area contributed by atoms with Crippen LogP contribution in [0.2, 0.25) is 0 Å². The number of nitrogens with zero attached hydrogens (tertiary/aromatic N) is 6. The highest BCUT2D eigenvalue weighted by Crippen LogP contribution is 2.25. The number of carbonyl (C=O) groups excluding carboxylic acids is 1. The van der Waals surface area contributed by atoms with Gasteiger partial charge in [-0.3, -0.25) is 9.69 Å². The van der Waals surface area contributed by atoms with Crippen LogP contribution in [-0.2, 0) is 16.1 Å². The number of hydrogen-bond donors (Lipinski definition) is 2. The lowest BCUT2D eigenvalue weighted by Gasteiger charge is -2.26. The largest absolute Gasteiger partial charge is 0.493 e. The molecule has 3 heterocycles. The fourth-order valence-corrected chi connectivity index (χ4v) is 4.00. The first-order valence-electron chi connectivity index (χ1n) is 12.0. The van der Waals surface area contributed by atoms with Gasteiger partial charge in [-0.15, -0.1) is 5.10 Å². The third-order valence-electron chi connectivity index (χ3n) is 5.80. The van der Waals surface area contributed by atoms with Crippen LogP contribution in [0.4, 0.5) is 21.7 Å². The quantitative estimate of drug-likeness (QED) is 0.313. The molecule has 2 aromatic heterocycles. The van der Waals surface area contributed by atoms with Gasteiger partial charge in [0.2, 0.25) is 5.91 Å². The molecular formula is C25H27FN8O3. The lowest BCUT2D eigenvalue weighted by molar-refractivity contribution is -0.116. The van der Waals surface area contributed by atoms with Crippen molar-refractivity contribution >= 4 is 34.1 Å². The van der Waals surface area contributed by atoms with E-state index >= 15 is 0 Å². The Kier molecular flexibility index (Phi) is 7.77. The third kappa shape index (κ3) is 6.74. The standard InChI is InChI=1S/C25H27FN8O3/c26-18-3-1-4-19(13-18)29-24(35)16-34-15-23(31-32-34)30-25-21-6-5-20(14-22(21)27-17-28-25)37-10-2-7-33-8-11-36-12-9-33/h1,3-6,13-15,17H,2,7-12,16H2,(H,29,35)(H,27,28,30). The van der Waals surface area contributed by atoms with Crippen LogP contribution in [0.25, 0.3) is 10.9 Å². The van der Waals surface area contributed by atoms with E-state index in [0.29, 0.717) is 23.9 Å². The number of rotatable bonds is 10. The predicted molar refractivity (Wildman–Crippen MR) is 135 cm³/mol. The highest BCUT2D eigenvalue weighted by molar-refractivity contribution is 5.91. The Morgan fingerprint density at radius 2 is 2.03 bits per heavy atom. The van der Waals surface area contributed by atoms with Gasteiger partial charge in [0, 0.05) is 36.8 Å². The summed E-state index contributed by atoms with van der Waals surface area (Å²) in [4.78, 5) is 23.3. The van der Waals surface area contributed by atoms with Gasteiger partial charge in [0.25, 0.3) is 0 Å². The van der Waals surface area contributed by atoms with E-state index in [9.17, 15) is 9.18 Å². The van der Waals surface area contributed by atoms with E-state index in [1.54, 1.807) is 12.3 Å². The Bertz CT molecular complexity index is 1360. The summed E-state index contributed by atoms with van der Waals surface area (Å²) in [5.41, 5.74) is 1.10. The molecule has 1 fully saturated rings. The average molecular weight is 507 g/mol. The first-order chi connectivity index (χ1) is 18.1. The second kappa shape index (κ2) is 11.7. The van der Waals surface area contributed by atoms with Crippen molar-refractivity contribution in [2.24, 2.45) is 0 Å². The molecular weight excluding hydrogens is 479 g/mol. The van der Waals surface area contributed by atoms with Crippen LogP contribution in [0.1, 0.15) is 6.42 Å². The molecule has 1 amide bonds.